The van der Waals surface area contributed by atoms with Gasteiger partial charge >= 0.3 is 5.97 Å². The first-order valence-electron chi connectivity index (χ1n) is 11.2. The van der Waals surface area contributed by atoms with Gasteiger partial charge in [-0.05, 0) is 47.9 Å². The van der Waals surface area contributed by atoms with Crippen molar-refractivity contribution in [3.8, 4) is 5.75 Å². The van der Waals surface area contributed by atoms with Crippen molar-refractivity contribution in [1.29, 1.82) is 0 Å². The maximum atomic E-state index is 12.7. The predicted octanol–water partition coefficient (Wildman–Crippen LogP) is 6.67. The molecule has 0 aliphatic heterocycles. The smallest absolute Gasteiger partial charge is 0.340 e. The van der Waals surface area contributed by atoms with E-state index in [0.29, 0.717) is 18.6 Å². The molecule has 3 rings (SSSR count). The molecule has 0 fully saturated rings. The number of esters is 1. The third kappa shape index (κ3) is 6.83. The first kappa shape index (κ1) is 22.8. The van der Waals surface area contributed by atoms with E-state index >= 15 is 0 Å². The third-order valence-electron chi connectivity index (χ3n) is 5.44. The number of hydrogen-bond donors (Lipinski definition) is 1. The quantitative estimate of drug-likeness (QED) is 0.251. The maximum absolute atomic E-state index is 12.7. The fourth-order valence-electron chi connectivity index (χ4n) is 3.60. The van der Waals surface area contributed by atoms with Crippen LogP contribution in [0.5, 0.6) is 5.75 Å². The lowest BCUT2D eigenvalue weighted by atomic mass is 9.96. The van der Waals surface area contributed by atoms with Crippen LogP contribution in [0.1, 0.15) is 67.8 Å². The Kier molecular flexibility index (Phi) is 8.48. The van der Waals surface area contributed by atoms with E-state index in [4.69, 9.17) is 9.47 Å². The summed E-state index contributed by atoms with van der Waals surface area (Å²) >= 11 is 0. The van der Waals surface area contributed by atoms with Crippen LogP contribution >= 0.6 is 0 Å². The molecule has 0 bridgehead atoms. The van der Waals surface area contributed by atoms with Crippen molar-refractivity contribution >= 4 is 11.5 Å². The van der Waals surface area contributed by atoms with Crippen LogP contribution in [0.2, 0.25) is 0 Å². The molecule has 1 N–H and O–H groups in total. The monoisotopic (exact) mass is 420 g/mol. The Bertz CT molecular complexity index is 883. The predicted molar refractivity (Wildman–Crippen MR) is 124 cm³/mol. The number of phenolic OH excluding ortho intramolecular Hbond substituents is 1. The molecule has 1 unspecified atom stereocenters. The zero-order chi connectivity index (χ0) is 21.9. The topological polar surface area (TPSA) is 55.8 Å². The van der Waals surface area contributed by atoms with Crippen molar-refractivity contribution in [3.05, 3.63) is 84.0 Å². The number of carbonyl (C=O) groups excluding carboxylic acids is 1. The summed E-state index contributed by atoms with van der Waals surface area (Å²) in [4.78, 5) is 12.7. The largest absolute Gasteiger partial charge is 0.508 e. The molecule has 4 heteroatoms. The summed E-state index contributed by atoms with van der Waals surface area (Å²) in [6.07, 6.45) is 13.3. The highest BCUT2D eigenvalue weighted by Gasteiger charge is 2.34. The Morgan fingerprint density at radius 3 is 2.35 bits per heavy atom. The minimum Gasteiger partial charge on any atom is -0.508 e. The second kappa shape index (κ2) is 11.5. The number of aromatic hydroxyl groups is 1. The Labute approximate surface area is 185 Å². The van der Waals surface area contributed by atoms with E-state index in [1.54, 1.807) is 12.1 Å². The van der Waals surface area contributed by atoms with Gasteiger partial charge in [-0.3, -0.25) is 0 Å². The molecular formula is C27H32O4. The summed E-state index contributed by atoms with van der Waals surface area (Å²) in [6.45, 7) is 2.75. The lowest BCUT2D eigenvalue weighted by Gasteiger charge is -2.32. The molecule has 0 saturated carbocycles. The molecule has 0 aromatic heterocycles. The summed E-state index contributed by atoms with van der Waals surface area (Å²) in [7, 11) is 0. The first-order valence-corrected chi connectivity index (χ1v) is 11.2. The van der Waals surface area contributed by atoms with Gasteiger partial charge in [0.25, 0.3) is 0 Å². The fourth-order valence-corrected chi connectivity index (χ4v) is 3.60. The van der Waals surface area contributed by atoms with Crippen LogP contribution in [0.4, 0.5) is 0 Å². The number of hydrogen-bond acceptors (Lipinski definition) is 4. The van der Waals surface area contributed by atoms with Gasteiger partial charge in [-0.2, -0.15) is 0 Å². The van der Waals surface area contributed by atoms with Crippen molar-refractivity contribution in [2.24, 2.45) is 0 Å². The fraction of sp³-hybridized carbons (Fsp3) is 0.370. The SMILES string of the molecule is CCCCCCCCOC1(OC(=O)c2ccc(O)cc2)C=CC(c2ccccc2)=CC1. The van der Waals surface area contributed by atoms with Crippen molar-refractivity contribution in [2.75, 3.05) is 6.61 Å². The maximum Gasteiger partial charge on any atom is 0.340 e. The highest BCUT2D eigenvalue weighted by molar-refractivity contribution is 5.90. The molecular weight excluding hydrogens is 388 g/mol. The standard InChI is InChI=1S/C27H32O4/c1-2-3-4-5-6-10-21-30-27(31-26(29)24-13-15-25(28)16-14-24)19-17-23(18-20-27)22-11-8-7-9-12-22/h7-9,11-19,28H,2-6,10,20-21H2,1H3. The van der Waals surface area contributed by atoms with Crippen LogP contribution in [-0.4, -0.2) is 23.5 Å². The minimum absolute atomic E-state index is 0.110. The Hall–Kier alpha value is -2.85. The molecule has 0 radical (unpaired) electrons. The molecule has 0 spiro atoms. The highest BCUT2D eigenvalue weighted by atomic mass is 16.7. The van der Waals surface area contributed by atoms with Crippen LogP contribution < -0.4 is 0 Å². The average Bonchev–Trinajstić information content (AvgIpc) is 2.80. The lowest BCUT2D eigenvalue weighted by Crippen LogP contribution is -2.37. The molecule has 1 atom stereocenters. The van der Waals surface area contributed by atoms with Gasteiger partial charge in [0.2, 0.25) is 5.79 Å². The summed E-state index contributed by atoms with van der Waals surface area (Å²) in [5.41, 5.74) is 2.58. The zero-order valence-corrected chi connectivity index (χ0v) is 18.3. The molecule has 2 aromatic carbocycles. The second-order valence-corrected chi connectivity index (χ2v) is 7.93. The van der Waals surface area contributed by atoms with Crippen LogP contribution in [-0.2, 0) is 9.47 Å². The number of unbranched alkanes of at least 4 members (excludes halogenated alkanes) is 5. The Balaban J connectivity index is 1.66. The molecule has 4 nitrogen and oxygen atoms in total. The highest BCUT2D eigenvalue weighted by Crippen LogP contribution is 2.32. The van der Waals surface area contributed by atoms with E-state index in [1.165, 1.54) is 37.8 Å². The van der Waals surface area contributed by atoms with Crippen molar-refractivity contribution in [1.82, 2.24) is 0 Å². The number of ether oxygens (including phenoxy) is 2. The Morgan fingerprint density at radius 1 is 0.968 bits per heavy atom. The van der Waals surface area contributed by atoms with Crippen LogP contribution in [0.15, 0.2) is 72.8 Å². The second-order valence-electron chi connectivity index (χ2n) is 7.93. The van der Waals surface area contributed by atoms with Gasteiger partial charge in [-0.15, -0.1) is 0 Å². The molecule has 2 aromatic rings. The van der Waals surface area contributed by atoms with Crippen molar-refractivity contribution in [3.63, 3.8) is 0 Å². The van der Waals surface area contributed by atoms with E-state index < -0.39 is 11.8 Å². The first-order chi connectivity index (χ1) is 15.1. The number of allylic oxidation sites excluding steroid dienone is 2. The Morgan fingerprint density at radius 2 is 1.68 bits per heavy atom. The summed E-state index contributed by atoms with van der Waals surface area (Å²) in [6, 6.07) is 16.2. The number of rotatable bonds is 11. The molecule has 0 amide bonds. The van der Waals surface area contributed by atoms with Gasteiger partial charge in [0.1, 0.15) is 5.75 Å². The van der Waals surface area contributed by atoms with E-state index in [1.807, 2.05) is 30.4 Å². The van der Waals surface area contributed by atoms with Crippen molar-refractivity contribution in [2.45, 2.75) is 57.7 Å². The lowest BCUT2D eigenvalue weighted by molar-refractivity contribution is -0.169. The zero-order valence-electron chi connectivity index (χ0n) is 18.3. The van der Waals surface area contributed by atoms with Gasteiger partial charge in [-0.1, -0.05) is 81.5 Å². The van der Waals surface area contributed by atoms with E-state index in [0.717, 1.165) is 24.0 Å². The molecule has 0 heterocycles. The van der Waals surface area contributed by atoms with Gasteiger partial charge < -0.3 is 14.6 Å². The molecule has 0 saturated heterocycles. The summed E-state index contributed by atoms with van der Waals surface area (Å²) in [5.74, 6) is -1.47. The van der Waals surface area contributed by atoms with E-state index in [-0.39, 0.29) is 5.75 Å². The normalized spacial score (nSPS) is 17.9. The number of carbonyl (C=O) groups is 1. The molecule has 31 heavy (non-hydrogen) atoms. The van der Waals surface area contributed by atoms with Gasteiger partial charge in [-0.25, -0.2) is 4.79 Å². The number of benzene rings is 2. The molecule has 1 aliphatic carbocycles. The third-order valence-corrected chi connectivity index (χ3v) is 5.44. The van der Waals surface area contributed by atoms with Crippen LogP contribution in [0.25, 0.3) is 5.57 Å². The summed E-state index contributed by atoms with van der Waals surface area (Å²) < 4.78 is 12.0. The minimum atomic E-state index is -1.11. The van der Waals surface area contributed by atoms with Gasteiger partial charge in [0.05, 0.1) is 12.2 Å². The molecule has 1 aliphatic rings. The number of phenols is 1. The van der Waals surface area contributed by atoms with Crippen molar-refractivity contribution < 1.29 is 19.4 Å². The van der Waals surface area contributed by atoms with Crippen LogP contribution in [0.3, 0.4) is 0 Å². The average molecular weight is 421 g/mol. The van der Waals surface area contributed by atoms with E-state index in [9.17, 15) is 9.90 Å². The molecule has 164 valence electrons. The summed E-state index contributed by atoms with van der Waals surface area (Å²) in [5, 5.41) is 9.47. The van der Waals surface area contributed by atoms with Gasteiger partial charge in [0, 0.05) is 6.42 Å². The van der Waals surface area contributed by atoms with E-state index in [2.05, 4.69) is 25.1 Å². The van der Waals surface area contributed by atoms with Crippen LogP contribution in [0, 0.1) is 0 Å². The van der Waals surface area contributed by atoms with Gasteiger partial charge in [0.15, 0.2) is 0 Å².